The molecule has 0 saturated carbocycles. The molecule has 0 amide bonds. The van der Waals surface area contributed by atoms with E-state index in [9.17, 15) is 10.1 Å². The summed E-state index contributed by atoms with van der Waals surface area (Å²) in [7, 11) is 0. The van der Waals surface area contributed by atoms with Gasteiger partial charge in [-0.25, -0.2) is 0 Å². The van der Waals surface area contributed by atoms with E-state index in [1.54, 1.807) is 0 Å². The Morgan fingerprint density at radius 1 is 1.64 bits per heavy atom. The van der Waals surface area contributed by atoms with Crippen LogP contribution in [0.4, 0.5) is 5.95 Å². The molecule has 0 radical (unpaired) electrons. The van der Waals surface area contributed by atoms with Crippen molar-refractivity contribution >= 4 is 17.5 Å². The van der Waals surface area contributed by atoms with Crippen molar-refractivity contribution in [3.63, 3.8) is 0 Å². The maximum Gasteiger partial charge on any atom is 0.490 e. The summed E-state index contributed by atoms with van der Waals surface area (Å²) in [5, 5.41) is 13.8. The lowest BCUT2D eigenvalue weighted by molar-refractivity contribution is -0.394. The van der Waals surface area contributed by atoms with Crippen LogP contribution >= 0.6 is 11.6 Å². The predicted molar refractivity (Wildman–Crippen MR) is 48.2 cm³/mol. The minimum Gasteiger partial charge on any atom is -0.390 e. The molecule has 0 spiro atoms. The van der Waals surface area contributed by atoms with Crippen molar-refractivity contribution in [1.82, 2.24) is 14.8 Å². The first-order valence-corrected chi connectivity index (χ1v) is 4.45. The van der Waals surface area contributed by atoms with Crippen molar-refractivity contribution in [2.75, 3.05) is 19.1 Å². The zero-order valence-electron chi connectivity index (χ0n) is 7.30. The molecule has 0 N–H and O–H groups in total. The van der Waals surface area contributed by atoms with Crippen molar-refractivity contribution in [1.29, 1.82) is 0 Å². The van der Waals surface area contributed by atoms with Crippen LogP contribution in [0.15, 0.2) is 6.33 Å². The van der Waals surface area contributed by atoms with E-state index >= 15 is 0 Å². The fourth-order valence-electron chi connectivity index (χ4n) is 0.791. The van der Waals surface area contributed by atoms with Crippen LogP contribution in [0.25, 0.3) is 0 Å². The van der Waals surface area contributed by atoms with E-state index in [-0.39, 0.29) is 0 Å². The van der Waals surface area contributed by atoms with Gasteiger partial charge in [0.2, 0.25) is 6.33 Å². The standard InChI is InChI=1S/C6H9ClN4O3/c7-1-3-14-4-2-10-5-8-6(9-10)11(12)13/h5H,1-4H2. The van der Waals surface area contributed by atoms with Crippen molar-refractivity contribution in [2.24, 2.45) is 0 Å². The molecule has 0 aromatic carbocycles. The quantitative estimate of drug-likeness (QED) is 0.301. The van der Waals surface area contributed by atoms with Crippen LogP contribution in [-0.2, 0) is 11.3 Å². The molecule has 8 heteroatoms. The van der Waals surface area contributed by atoms with Crippen molar-refractivity contribution < 1.29 is 9.66 Å². The van der Waals surface area contributed by atoms with Gasteiger partial charge in [0.05, 0.1) is 19.8 Å². The first-order valence-electron chi connectivity index (χ1n) is 3.91. The topological polar surface area (TPSA) is 83.1 Å². The van der Waals surface area contributed by atoms with Gasteiger partial charge in [0.15, 0.2) is 0 Å². The number of nitrogens with zero attached hydrogens (tertiary/aromatic N) is 4. The molecule has 0 aliphatic rings. The average Bonchev–Trinajstić information content (AvgIpc) is 2.61. The van der Waals surface area contributed by atoms with Gasteiger partial charge in [-0.3, -0.25) is 0 Å². The Hall–Kier alpha value is -1.21. The molecule has 0 aliphatic heterocycles. The number of ether oxygens (including phenoxy) is 1. The highest BCUT2D eigenvalue weighted by Gasteiger charge is 2.12. The van der Waals surface area contributed by atoms with Gasteiger partial charge in [-0.2, -0.15) is 4.68 Å². The number of hydrogen-bond acceptors (Lipinski definition) is 5. The van der Waals surface area contributed by atoms with E-state index in [4.69, 9.17) is 16.3 Å². The van der Waals surface area contributed by atoms with Crippen LogP contribution in [0.5, 0.6) is 0 Å². The smallest absolute Gasteiger partial charge is 0.390 e. The van der Waals surface area contributed by atoms with Crippen LogP contribution in [0.1, 0.15) is 0 Å². The Kier molecular flexibility index (Phi) is 4.27. The van der Waals surface area contributed by atoms with Gasteiger partial charge < -0.3 is 14.9 Å². The molecule has 14 heavy (non-hydrogen) atoms. The lowest BCUT2D eigenvalue weighted by Gasteiger charge is -1.98. The van der Waals surface area contributed by atoms with E-state index in [1.807, 2.05) is 0 Å². The summed E-state index contributed by atoms with van der Waals surface area (Å²) in [6.07, 6.45) is 1.29. The molecule has 1 rings (SSSR count). The minimum atomic E-state index is -0.643. The van der Waals surface area contributed by atoms with Crippen LogP contribution < -0.4 is 0 Å². The molecule has 0 aliphatic carbocycles. The third kappa shape index (κ3) is 3.27. The summed E-state index contributed by atoms with van der Waals surface area (Å²) < 4.78 is 6.42. The summed E-state index contributed by atoms with van der Waals surface area (Å²) in [4.78, 5) is 13.1. The largest absolute Gasteiger partial charge is 0.490 e. The monoisotopic (exact) mass is 220 g/mol. The van der Waals surface area contributed by atoms with Crippen LogP contribution in [0, 0.1) is 10.1 Å². The first kappa shape index (κ1) is 10.9. The van der Waals surface area contributed by atoms with Crippen LogP contribution in [-0.4, -0.2) is 38.8 Å². The van der Waals surface area contributed by atoms with Gasteiger partial charge in [-0.05, 0) is 4.92 Å². The van der Waals surface area contributed by atoms with Gasteiger partial charge in [-0.15, -0.1) is 11.6 Å². The van der Waals surface area contributed by atoms with E-state index < -0.39 is 10.9 Å². The summed E-state index contributed by atoms with van der Waals surface area (Å²) in [6.45, 7) is 1.29. The minimum absolute atomic E-state index is 0.401. The van der Waals surface area contributed by atoms with E-state index in [0.29, 0.717) is 25.6 Å². The number of halogens is 1. The Morgan fingerprint density at radius 3 is 3.00 bits per heavy atom. The molecule has 0 fully saturated rings. The number of hydrogen-bond donors (Lipinski definition) is 0. The lowest BCUT2D eigenvalue weighted by Crippen LogP contribution is -2.08. The van der Waals surface area contributed by atoms with E-state index in [0.717, 1.165) is 0 Å². The third-order valence-electron chi connectivity index (χ3n) is 1.37. The molecule has 1 heterocycles. The van der Waals surface area contributed by atoms with Crippen molar-refractivity contribution in [2.45, 2.75) is 6.54 Å². The van der Waals surface area contributed by atoms with E-state index in [1.165, 1.54) is 11.0 Å². The Labute approximate surface area is 84.8 Å². The van der Waals surface area contributed by atoms with Crippen LogP contribution in [0.3, 0.4) is 0 Å². The molecular weight excluding hydrogens is 212 g/mol. The Bertz CT molecular complexity index is 303. The second kappa shape index (κ2) is 5.51. The van der Waals surface area contributed by atoms with Gasteiger partial charge in [-0.1, -0.05) is 4.98 Å². The zero-order valence-corrected chi connectivity index (χ0v) is 8.05. The highest BCUT2D eigenvalue weighted by molar-refractivity contribution is 6.17. The Morgan fingerprint density at radius 2 is 2.43 bits per heavy atom. The highest BCUT2D eigenvalue weighted by Crippen LogP contribution is 1.99. The van der Waals surface area contributed by atoms with Gasteiger partial charge in [0.1, 0.15) is 0 Å². The number of aromatic nitrogens is 3. The molecular formula is C6H9ClN4O3. The fourth-order valence-corrected chi connectivity index (χ4v) is 0.900. The molecule has 0 saturated heterocycles. The van der Waals surface area contributed by atoms with Crippen molar-refractivity contribution in [3.8, 4) is 0 Å². The second-order valence-corrected chi connectivity index (χ2v) is 2.74. The molecule has 1 aromatic heterocycles. The molecule has 0 bridgehead atoms. The first-order chi connectivity index (χ1) is 6.74. The van der Waals surface area contributed by atoms with E-state index in [2.05, 4.69) is 10.1 Å². The predicted octanol–water partition coefficient (Wildman–Crippen LogP) is 0.442. The normalized spacial score (nSPS) is 10.4. The zero-order chi connectivity index (χ0) is 10.4. The second-order valence-electron chi connectivity index (χ2n) is 2.37. The lowest BCUT2D eigenvalue weighted by atomic mass is 10.7. The summed E-state index contributed by atoms with van der Waals surface area (Å²) in [5.74, 6) is 0.0275. The van der Waals surface area contributed by atoms with Gasteiger partial charge in [0.25, 0.3) is 0 Å². The summed E-state index contributed by atoms with van der Waals surface area (Å²) in [5.41, 5.74) is 0. The number of nitro groups is 1. The summed E-state index contributed by atoms with van der Waals surface area (Å²) >= 11 is 5.38. The highest BCUT2D eigenvalue weighted by atomic mass is 35.5. The molecule has 0 unspecified atom stereocenters. The third-order valence-corrected chi connectivity index (χ3v) is 1.53. The summed E-state index contributed by atoms with van der Waals surface area (Å²) in [6, 6.07) is 0. The molecule has 78 valence electrons. The fraction of sp³-hybridized carbons (Fsp3) is 0.667. The van der Waals surface area contributed by atoms with Crippen LogP contribution in [0.2, 0.25) is 0 Å². The average molecular weight is 221 g/mol. The molecule has 0 atom stereocenters. The van der Waals surface area contributed by atoms with Gasteiger partial charge >= 0.3 is 5.95 Å². The molecule has 1 aromatic rings. The van der Waals surface area contributed by atoms with Gasteiger partial charge in [0, 0.05) is 11.0 Å². The molecule has 7 nitrogen and oxygen atoms in total. The SMILES string of the molecule is O=[N+]([O-])c1ncn(CCOCCCl)n1. The van der Waals surface area contributed by atoms with Crippen molar-refractivity contribution in [3.05, 3.63) is 16.4 Å². The maximum absolute atomic E-state index is 10.2. The Balaban J connectivity index is 2.33. The maximum atomic E-state index is 10.2. The number of alkyl halides is 1. The number of rotatable bonds is 6.